The Bertz CT molecular complexity index is 1280. The molecule has 0 aliphatic carbocycles. The van der Waals surface area contributed by atoms with Crippen LogP contribution in [0.3, 0.4) is 0 Å². The van der Waals surface area contributed by atoms with Crippen LogP contribution in [0.4, 0.5) is 11.5 Å². The molecule has 0 amide bonds. The van der Waals surface area contributed by atoms with E-state index in [1.165, 1.54) is 12.1 Å². The Balaban J connectivity index is 1.92. The summed E-state index contributed by atoms with van der Waals surface area (Å²) >= 11 is 0. The molecule has 0 unspecified atom stereocenters. The van der Waals surface area contributed by atoms with Gasteiger partial charge in [0.2, 0.25) is 0 Å². The number of nitrogens with two attached hydrogens (primary N) is 1. The van der Waals surface area contributed by atoms with Crippen molar-refractivity contribution in [1.29, 1.82) is 5.26 Å². The number of nitrogens with zero attached hydrogens (tertiary/aromatic N) is 3. The van der Waals surface area contributed by atoms with E-state index >= 15 is 0 Å². The van der Waals surface area contributed by atoms with E-state index in [0.29, 0.717) is 16.8 Å². The molecule has 6 heteroatoms. The molecule has 1 heterocycles. The number of nitro groups is 1. The third kappa shape index (κ3) is 3.02. The number of benzene rings is 3. The van der Waals surface area contributed by atoms with Gasteiger partial charge in [0.05, 0.1) is 10.6 Å². The first kappa shape index (κ1) is 17.2. The molecule has 2 N–H and O–H groups in total. The van der Waals surface area contributed by atoms with E-state index in [1.54, 1.807) is 18.2 Å². The lowest BCUT2D eigenvalue weighted by molar-refractivity contribution is -0.384. The minimum absolute atomic E-state index is 0.0518. The zero-order valence-corrected chi connectivity index (χ0v) is 14.7. The van der Waals surface area contributed by atoms with Crippen molar-refractivity contribution in [3.8, 4) is 28.5 Å². The Labute approximate surface area is 160 Å². The van der Waals surface area contributed by atoms with E-state index in [0.717, 1.165) is 16.3 Å². The molecule has 0 aliphatic heterocycles. The Hall–Kier alpha value is -4.24. The Morgan fingerprint density at radius 2 is 1.71 bits per heavy atom. The van der Waals surface area contributed by atoms with Crippen LogP contribution in [-0.2, 0) is 0 Å². The molecule has 0 spiro atoms. The fraction of sp³-hybridized carbons (Fsp3) is 0. The second-order valence-electron chi connectivity index (χ2n) is 6.30. The number of nitriles is 1. The highest BCUT2D eigenvalue weighted by atomic mass is 16.6. The summed E-state index contributed by atoms with van der Waals surface area (Å²) in [5.41, 5.74) is 8.71. The molecule has 0 atom stereocenters. The fourth-order valence-electron chi connectivity index (χ4n) is 3.19. The maximum Gasteiger partial charge on any atom is 0.270 e. The van der Waals surface area contributed by atoms with Gasteiger partial charge in [-0.25, -0.2) is 4.98 Å². The third-order valence-corrected chi connectivity index (χ3v) is 4.57. The van der Waals surface area contributed by atoms with Gasteiger partial charge >= 0.3 is 0 Å². The van der Waals surface area contributed by atoms with Crippen molar-refractivity contribution in [2.45, 2.75) is 0 Å². The average molecular weight is 366 g/mol. The second-order valence-corrected chi connectivity index (χ2v) is 6.30. The molecule has 0 fully saturated rings. The van der Waals surface area contributed by atoms with Gasteiger partial charge in [0, 0.05) is 23.3 Å². The summed E-state index contributed by atoms with van der Waals surface area (Å²) < 4.78 is 0. The van der Waals surface area contributed by atoms with Crippen LogP contribution in [0.2, 0.25) is 0 Å². The van der Waals surface area contributed by atoms with Crippen LogP contribution < -0.4 is 5.73 Å². The summed E-state index contributed by atoms with van der Waals surface area (Å²) in [6, 6.07) is 23.8. The van der Waals surface area contributed by atoms with Gasteiger partial charge in [0.15, 0.2) is 0 Å². The van der Waals surface area contributed by atoms with Gasteiger partial charge in [0.25, 0.3) is 5.69 Å². The minimum Gasteiger partial charge on any atom is -0.383 e. The average Bonchev–Trinajstić information content (AvgIpc) is 2.73. The van der Waals surface area contributed by atoms with Crippen molar-refractivity contribution in [1.82, 2.24) is 4.98 Å². The van der Waals surface area contributed by atoms with Gasteiger partial charge < -0.3 is 5.73 Å². The first-order valence-electron chi connectivity index (χ1n) is 8.51. The Morgan fingerprint density at radius 1 is 0.929 bits per heavy atom. The van der Waals surface area contributed by atoms with Gasteiger partial charge in [-0.1, -0.05) is 48.5 Å². The second kappa shape index (κ2) is 6.82. The maximum absolute atomic E-state index is 11.1. The monoisotopic (exact) mass is 366 g/mol. The van der Waals surface area contributed by atoms with E-state index < -0.39 is 4.92 Å². The number of pyridine rings is 1. The first-order chi connectivity index (χ1) is 13.6. The van der Waals surface area contributed by atoms with Gasteiger partial charge in [0.1, 0.15) is 17.5 Å². The summed E-state index contributed by atoms with van der Waals surface area (Å²) in [5, 5.41) is 22.8. The SMILES string of the molecule is N#Cc1c(-c2cccc([N+](=O)[O-])c2)cc(-c2ccc3ccccc3c2)nc1N. The van der Waals surface area contributed by atoms with Crippen molar-refractivity contribution < 1.29 is 4.92 Å². The zero-order chi connectivity index (χ0) is 19.7. The molecular weight excluding hydrogens is 352 g/mol. The molecule has 4 rings (SSSR count). The van der Waals surface area contributed by atoms with Gasteiger partial charge in [-0.15, -0.1) is 0 Å². The topological polar surface area (TPSA) is 106 Å². The number of non-ortho nitro benzene ring substituents is 1. The van der Waals surface area contributed by atoms with E-state index in [4.69, 9.17) is 5.73 Å². The Morgan fingerprint density at radius 3 is 2.46 bits per heavy atom. The van der Waals surface area contributed by atoms with Crippen LogP contribution in [0.5, 0.6) is 0 Å². The van der Waals surface area contributed by atoms with Crippen molar-refractivity contribution in [3.05, 3.63) is 88.5 Å². The smallest absolute Gasteiger partial charge is 0.270 e. The molecule has 6 nitrogen and oxygen atoms in total. The van der Waals surface area contributed by atoms with Crippen molar-refractivity contribution in [3.63, 3.8) is 0 Å². The Kier molecular flexibility index (Phi) is 4.18. The summed E-state index contributed by atoms with van der Waals surface area (Å²) in [6.07, 6.45) is 0. The normalized spacial score (nSPS) is 10.5. The maximum atomic E-state index is 11.1. The van der Waals surface area contributed by atoms with Crippen LogP contribution in [0.1, 0.15) is 5.56 Å². The number of anilines is 1. The predicted octanol–water partition coefficient (Wildman–Crippen LogP) is 4.93. The van der Waals surface area contributed by atoms with E-state index in [9.17, 15) is 15.4 Å². The number of aromatic nitrogens is 1. The first-order valence-corrected chi connectivity index (χ1v) is 8.51. The number of rotatable bonds is 3. The molecule has 0 saturated heterocycles. The number of fused-ring (bicyclic) bond motifs is 1. The predicted molar refractivity (Wildman–Crippen MR) is 108 cm³/mol. The van der Waals surface area contributed by atoms with Crippen LogP contribution in [0.25, 0.3) is 33.2 Å². The fourth-order valence-corrected chi connectivity index (χ4v) is 3.19. The quantitative estimate of drug-likeness (QED) is 0.409. The molecule has 134 valence electrons. The minimum atomic E-state index is -0.468. The highest BCUT2D eigenvalue weighted by Gasteiger charge is 2.16. The standard InChI is InChI=1S/C22H14N4O2/c23-13-20-19(16-6-3-7-18(11-16)26(27)28)12-21(25-22(20)24)17-9-8-14-4-1-2-5-15(14)10-17/h1-12H,(H2,24,25). The highest BCUT2D eigenvalue weighted by Crippen LogP contribution is 2.33. The number of hydrogen-bond acceptors (Lipinski definition) is 5. The van der Waals surface area contributed by atoms with E-state index in [-0.39, 0.29) is 17.1 Å². The van der Waals surface area contributed by atoms with Crippen molar-refractivity contribution in [2.24, 2.45) is 0 Å². The van der Waals surface area contributed by atoms with Crippen molar-refractivity contribution in [2.75, 3.05) is 5.73 Å². The lowest BCUT2D eigenvalue weighted by Crippen LogP contribution is -2.00. The molecule has 1 aromatic heterocycles. The van der Waals surface area contributed by atoms with Gasteiger partial charge in [-0.05, 0) is 28.5 Å². The number of hydrogen-bond donors (Lipinski definition) is 1. The molecular formula is C22H14N4O2. The number of nitrogen functional groups attached to an aromatic ring is 1. The van der Waals surface area contributed by atoms with Crippen molar-refractivity contribution >= 4 is 22.3 Å². The lowest BCUT2D eigenvalue weighted by atomic mass is 9.97. The van der Waals surface area contributed by atoms with Crippen LogP contribution in [-0.4, -0.2) is 9.91 Å². The van der Waals surface area contributed by atoms with Crippen LogP contribution in [0, 0.1) is 21.4 Å². The molecule has 0 aliphatic rings. The lowest BCUT2D eigenvalue weighted by Gasteiger charge is -2.11. The van der Waals surface area contributed by atoms with E-state index in [1.807, 2.05) is 42.5 Å². The zero-order valence-electron chi connectivity index (χ0n) is 14.7. The van der Waals surface area contributed by atoms with Crippen LogP contribution in [0.15, 0.2) is 72.8 Å². The molecule has 0 radical (unpaired) electrons. The largest absolute Gasteiger partial charge is 0.383 e. The number of nitro benzene ring substituents is 1. The summed E-state index contributed by atoms with van der Waals surface area (Å²) in [6.45, 7) is 0. The van der Waals surface area contributed by atoms with Gasteiger partial charge in [-0.3, -0.25) is 10.1 Å². The summed E-state index contributed by atoms with van der Waals surface area (Å²) in [5.74, 6) is 0.0923. The third-order valence-electron chi connectivity index (χ3n) is 4.57. The summed E-state index contributed by atoms with van der Waals surface area (Å²) in [7, 11) is 0. The molecule has 4 aromatic rings. The molecule has 28 heavy (non-hydrogen) atoms. The van der Waals surface area contributed by atoms with Gasteiger partial charge in [-0.2, -0.15) is 5.26 Å². The summed E-state index contributed by atoms with van der Waals surface area (Å²) in [4.78, 5) is 15.0. The molecule has 0 bridgehead atoms. The van der Waals surface area contributed by atoms with E-state index in [2.05, 4.69) is 11.1 Å². The van der Waals surface area contributed by atoms with Crippen LogP contribution >= 0.6 is 0 Å². The molecule has 0 saturated carbocycles. The molecule has 3 aromatic carbocycles. The highest BCUT2D eigenvalue weighted by molar-refractivity contribution is 5.88.